The summed E-state index contributed by atoms with van der Waals surface area (Å²) in [6.45, 7) is 1.94. The number of carbonyl (C=O) groups excluding carboxylic acids is 3. The lowest BCUT2D eigenvalue weighted by molar-refractivity contribution is -0.118. The van der Waals surface area contributed by atoms with Crippen molar-refractivity contribution >= 4 is 34.8 Å². The monoisotopic (exact) mass is 377 g/mol. The third-order valence-corrected chi connectivity index (χ3v) is 4.99. The molecule has 144 valence electrons. The van der Waals surface area contributed by atoms with Crippen LogP contribution in [-0.2, 0) is 9.59 Å². The molecule has 2 aromatic rings. The lowest BCUT2D eigenvalue weighted by atomic mass is 10.1. The Labute approximate surface area is 163 Å². The number of aryl methyl sites for hydroxylation is 1. The highest BCUT2D eigenvalue weighted by atomic mass is 16.2. The van der Waals surface area contributed by atoms with Gasteiger partial charge in [-0.2, -0.15) is 0 Å². The van der Waals surface area contributed by atoms with Gasteiger partial charge in [-0.25, -0.2) is 0 Å². The van der Waals surface area contributed by atoms with Gasteiger partial charge in [-0.3, -0.25) is 14.4 Å². The highest BCUT2D eigenvalue weighted by molar-refractivity contribution is 6.08. The Hall–Kier alpha value is -3.15. The zero-order valence-electron chi connectivity index (χ0n) is 15.7. The van der Waals surface area contributed by atoms with Gasteiger partial charge < -0.3 is 16.0 Å². The Bertz CT molecular complexity index is 929. The van der Waals surface area contributed by atoms with E-state index < -0.39 is 0 Å². The van der Waals surface area contributed by atoms with Crippen LogP contribution in [0.5, 0.6) is 0 Å². The van der Waals surface area contributed by atoms with Crippen LogP contribution >= 0.6 is 0 Å². The van der Waals surface area contributed by atoms with Gasteiger partial charge >= 0.3 is 0 Å². The smallest absolute Gasteiger partial charge is 0.255 e. The molecule has 0 radical (unpaired) electrons. The van der Waals surface area contributed by atoms with Crippen molar-refractivity contribution in [2.24, 2.45) is 11.8 Å². The molecule has 6 heteroatoms. The molecular weight excluding hydrogens is 354 g/mol. The van der Waals surface area contributed by atoms with E-state index in [2.05, 4.69) is 16.0 Å². The molecular formula is C22H23N3O3. The molecule has 0 saturated heterocycles. The van der Waals surface area contributed by atoms with Crippen LogP contribution in [0.1, 0.15) is 41.6 Å². The molecule has 3 N–H and O–H groups in total. The number of amides is 3. The summed E-state index contributed by atoms with van der Waals surface area (Å²) in [5.74, 6) is -0.0214. The minimum absolute atomic E-state index is 0.00291. The summed E-state index contributed by atoms with van der Waals surface area (Å²) in [6, 6.07) is 12.3. The van der Waals surface area contributed by atoms with E-state index in [-0.39, 0.29) is 29.6 Å². The van der Waals surface area contributed by atoms with Gasteiger partial charge in [-0.1, -0.05) is 6.07 Å². The summed E-state index contributed by atoms with van der Waals surface area (Å²) in [7, 11) is 0. The Morgan fingerprint density at radius 3 is 1.96 bits per heavy atom. The van der Waals surface area contributed by atoms with Crippen LogP contribution < -0.4 is 16.0 Å². The molecule has 2 saturated carbocycles. The summed E-state index contributed by atoms with van der Waals surface area (Å²) in [6.07, 6.45) is 3.73. The van der Waals surface area contributed by atoms with Gasteiger partial charge in [0.15, 0.2) is 0 Å². The zero-order valence-corrected chi connectivity index (χ0v) is 15.7. The molecule has 6 nitrogen and oxygen atoms in total. The maximum Gasteiger partial charge on any atom is 0.255 e. The molecule has 4 rings (SSSR count). The second-order valence-corrected chi connectivity index (χ2v) is 7.61. The van der Waals surface area contributed by atoms with E-state index in [1.165, 1.54) is 0 Å². The first-order valence-electron chi connectivity index (χ1n) is 9.63. The van der Waals surface area contributed by atoms with Gasteiger partial charge in [0.2, 0.25) is 11.8 Å². The van der Waals surface area contributed by atoms with Crippen molar-refractivity contribution in [1.82, 2.24) is 0 Å². The van der Waals surface area contributed by atoms with Gasteiger partial charge in [0, 0.05) is 23.1 Å². The summed E-state index contributed by atoms with van der Waals surface area (Å²) in [4.78, 5) is 36.6. The summed E-state index contributed by atoms with van der Waals surface area (Å²) >= 11 is 0. The number of benzene rings is 2. The number of nitrogens with one attached hydrogen (secondary N) is 3. The van der Waals surface area contributed by atoms with Crippen LogP contribution in [0, 0.1) is 18.8 Å². The van der Waals surface area contributed by atoms with Crippen molar-refractivity contribution in [2.75, 3.05) is 16.0 Å². The molecule has 2 aromatic carbocycles. The first kappa shape index (κ1) is 18.2. The second-order valence-electron chi connectivity index (χ2n) is 7.61. The predicted octanol–water partition coefficient (Wildman–Crippen LogP) is 3.94. The molecule has 2 aliphatic carbocycles. The summed E-state index contributed by atoms with van der Waals surface area (Å²) in [5.41, 5.74) is 3.33. The zero-order chi connectivity index (χ0) is 19.7. The normalized spacial score (nSPS) is 15.6. The highest BCUT2D eigenvalue weighted by Crippen LogP contribution is 2.32. The number of hydrogen-bond acceptors (Lipinski definition) is 3. The fourth-order valence-corrected chi connectivity index (χ4v) is 2.94. The van der Waals surface area contributed by atoms with E-state index in [4.69, 9.17) is 0 Å². The quantitative estimate of drug-likeness (QED) is 0.712. The van der Waals surface area contributed by atoms with Crippen LogP contribution in [0.3, 0.4) is 0 Å². The van der Waals surface area contributed by atoms with E-state index in [1.807, 2.05) is 19.1 Å². The van der Waals surface area contributed by atoms with Crippen molar-refractivity contribution in [3.05, 3.63) is 53.6 Å². The molecule has 28 heavy (non-hydrogen) atoms. The number of carbonyl (C=O) groups is 3. The van der Waals surface area contributed by atoms with Crippen LogP contribution in [0.25, 0.3) is 0 Å². The molecule has 0 heterocycles. The molecule has 0 aliphatic heterocycles. The van der Waals surface area contributed by atoms with Gasteiger partial charge in [0.1, 0.15) is 0 Å². The minimum Gasteiger partial charge on any atom is -0.326 e. The van der Waals surface area contributed by atoms with Gasteiger partial charge in [0.25, 0.3) is 5.91 Å². The van der Waals surface area contributed by atoms with E-state index in [0.29, 0.717) is 22.6 Å². The Morgan fingerprint density at radius 1 is 0.750 bits per heavy atom. The van der Waals surface area contributed by atoms with Crippen LogP contribution in [-0.4, -0.2) is 17.7 Å². The topological polar surface area (TPSA) is 87.3 Å². The average Bonchev–Trinajstić information content (AvgIpc) is 3.57. The molecule has 0 atom stereocenters. The highest BCUT2D eigenvalue weighted by Gasteiger charge is 2.30. The third-order valence-electron chi connectivity index (χ3n) is 4.99. The van der Waals surface area contributed by atoms with Crippen LogP contribution in [0.4, 0.5) is 17.1 Å². The maximum absolute atomic E-state index is 12.6. The largest absolute Gasteiger partial charge is 0.326 e. The Morgan fingerprint density at radius 2 is 1.36 bits per heavy atom. The first-order valence-corrected chi connectivity index (χ1v) is 9.63. The van der Waals surface area contributed by atoms with E-state index in [1.54, 1.807) is 30.3 Å². The fourth-order valence-electron chi connectivity index (χ4n) is 2.94. The van der Waals surface area contributed by atoms with Crippen molar-refractivity contribution < 1.29 is 14.4 Å². The van der Waals surface area contributed by atoms with Crippen LogP contribution in [0.2, 0.25) is 0 Å². The Kier molecular flexibility index (Phi) is 4.86. The first-order chi connectivity index (χ1) is 13.5. The van der Waals surface area contributed by atoms with Crippen molar-refractivity contribution in [3.8, 4) is 0 Å². The van der Waals surface area contributed by atoms with Gasteiger partial charge in [0.05, 0.1) is 11.4 Å². The van der Waals surface area contributed by atoms with E-state index in [0.717, 1.165) is 31.2 Å². The molecule has 0 unspecified atom stereocenters. The predicted molar refractivity (Wildman–Crippen MR) is 108 cm³/mol. The second kappa shape index (κ2) is 7.46. The van der Waals surface area contributed by atoms with Gasteiger partial charge in [-0.15, -0.1) is 0 Å². The van der Waals surface area contributed by atoms with Crippen molar-refractivity contribution in [2.45, 2.75) is 32.6 Å². The van der Waals surface area contributed by atoms with Crippen molar-refractivity contribution in [1.29, 1.82) is 0 Å². The third kappa shape index (κ3) is 4.39. The Balaban J connectivity index is 1.43. The lowest BCUT2D eigenvalue weighted by Crippen LogP contribution is -2.18. The number of hydrogen-bond donors (Lipinski definition) is 3. The summed E-state index contributed by atoms with van der Waals surface area (Å²) < 4.78 is 0. The molecule has 0 aromatic heterocycles. The molecule has 0 bridgehead atoms. The number of rotatable bonds is 6. The average molecular weight is 377 g/mol. The summed E-state index contributed by atoms with van der Waals surface area (Å²) in [5, 5.41) is 8.64. The standard InChI is InChI=1S/C22H23N3O3/c1-13-2-11-18(19(12-13)25-22(28)15-5-6-15)24-21(27)16-7-9-17(10-8-16)23-20(26)14-3-4-14/h2,7-12,14-15H,3-6H2,1H3,(H,23,26)(H,24,27)(H,25,28). The minimum atomic E-state index is -0.272. The van der Waals surface area contributed by atoms with Crippen LogP contribution in [0.15, 0.2) is 42.5 Å². The molecule has 3 amide bonds. The maximum atomic E-state index is 12.6. The lowest BCUT2D eigenvalue weighted by Gasteiger charge is -2.13. The fraction of sp³-hybridized carbons (Fsp3) is 0.318. The molecule has 2 aliphatic rings. The number of anilines is 3. The molecule has 2 fully saturated rings. The van der Waals surface area contributed by atoms with E-state index in [9.17, 15) is 14.4 Å². The van der Waals surface area contributed by atoms with Gasteiger partial charge in [-0.05, 0) is 74.6 Å². The van der Waals surface area contributed by atoms with E-state index >= 15 is 0 Å². The SMILES string of the molecule is Cc1ccc(NC(=O)c2ccc(NC(=O)C3CC3)cc2)c(NC(=O)C2CC2)c1. The molecule has 0 spiro atoms. The van der Waals surface area contributed by atoms with Crippen molar-refractivity contribution in [3.63, 3.8) is 0 Å².